The van der Waals surface area contributed by atoms with Gasteiger partial charge in [0.15, 0.2) is 5.75 Å². The smallest absolute Gasteiger partial charge is 0.342 e. The van der Waals surface area contributed by atoms with Crippen LogP contribution in [0.4, 0.5) is 0 Å². The molecule has 1 aromatic carbocycles. The number of cyclic esters (lactones) is 1. The van der Waals surface area contributed by atoms with Crippen molar-refractivity contribution < 1.29 is 24.5 Å². The Kier molecular flexibility index (Phi) is 2.89. The number of ether oxygens (including phenoxy) is 2. The average molecular weight is 259 g/mol. The molecule has 0 saturated carbocycles. The molecule has 5 nitrogen and oxygen atoms in total. The Morgan fingerprint density at radius 3 is 2.76 bits per heavy atom. The number of benzene rings is 1. The van der Waals surface area contributed by atoms with Gasteiger partial charge in [0.25, 0.3) is 0 Å². The maximum Gasteiger partial charge on any atom is 0.342 e. The van der Waals surface area contributed by atoms with Crippen molar-refractivity contribution in [2.45, 2.75) is 19.1 Å². The minimum atomic E-state index is -1.01. The van der Waals surface area contributed by atoms with Crippen molar-refractivity contribution in [3.63, 3.8) is 0 Å². The molecule has 0 aromatic heterocycles. The molecule has 0 saturated heterocycles. The van der Waals surface area contributed by atoms with E-state index in [0.29, 0.717) is 0 Å². The molecule has 2 rings (SSSR count). The molecule has 2 atom stereocenters. The number of rotatable bonds is 1. The molecule has 0 spiro atoms. The van der Waals surface area contributed by atoms with Crippen LogP contribution in [0.2, 0.25) is 5.02 Å². The Morgan fingerprint density at radius 1 is 1.53 bits per heavy atom. The number of phenolic OH excluding ortho intramolecular Hbond substituents is 1. The van der Waals surface area contributed by atoms with Gasteiger partial charge in [-0.2, -0.15) is 0 Å². The average Bonchev–Trinajstić information content (AvgIpc) is 2.29. The number of fused-ring (bicyclic) bond motifs is 1. The van der Waals surface area contributed by atoms with Crippen molar-refractivity contribution in [2.24, 2.45) is 0 Å². The van der Waals surface area contributed by atoms with E-state index >= 15 is 0 Å². The largest absolute Gasteiger partial charge is 0.505 e. The van der Waals surface area contributed by atoms with Crippen LogP contribution < -0.4 is 4.74 Å². The minimum absolute atomic E-state index is 0.0787. The summed E-state index contributed by atoms with van der Waals surface area (Å²) in [6.45, 7) is 1.56. The van der Waals surface area contributed by atoms with Gasteiger partial charge in [0, 0.05) is 5.56 Å². The number of halogens is 1. The lowest BCUT2D eigenvalue weighted by Crippen LogP contribution is -2.30. The maximum absolute atomic E-state index is 11.6. The highest BCUT2D eigenvalue weighted by atomic mass is 35.5. The van der Waals surface area contributed by atoms with E-state index in [2.05, 4.69) is 0 Å². The highest BCUT2D eigenvalue weighted by Crippen LogP contribution is 2.43. The Hall–Kier alpha value is -1.46. The van der Waals surface area contributed by atoms with Gasteiger partial charge in [0.1, 0.15) is 28.5 Å². The monoisotopic (exact) mass is 258 g/mol. The Labute approximate surface area is 103 Å². The molecular weight excluding hydrogens is 248 g/mol. The molecular formula is C11H11ClO5. The lowest BCUT2D eigenvalue weighted by atomic mass is 9.95. The SMILES string of the molecule is COc1cc2c(c(O)c1Cl)C(=O)O[C@@H](C)[C@@H]2O. The Bertz CT molecular complexity index is 485. The van der Waals surface area contributed by atoms with Crippen LogP contribution in [-0.4, -0.2) is 29.4 Å². The first-order valence-electron chi connectivity index (χ1n) is 4.95. The van der Waals surface area contributed by atoms with Crippen LogP contribution in [0.3, 0.4) is 0 Å². The maximum atomic E-state index is 11.6. The van der Waals surface area contributed by atoms with E-state index in [1.54, 1.807) is 6.92 Å². The fourth-order valence-electron chi connectivity index (χ4n) is 1.78. The molecule has 1 aromatic rings. The Balaban J connectivity index is 2.70. The number of phenols is 1. The van der Waals surface area contributed by atoms with Gasteiger partial charge in [-0.05, 0) is 13.0 Å². The van der Waals surface area contributed by atoms with Crippen molar-refractivity contribution in [1.82, 2.24) is 0 Å². The van der Waals surface area contributed by atoms with Crippen LogP contribution in [0.25, 0.3) is 0 Å². The summed E-state index contributed by atoms with van der Waals surface area (Å²) in [5.74, 6) is -0.944. The van der Waals surface area contributed by atoms with Crippen molar-refractivity contribution in [2.75, 3.05) is 7.11 Å². The van der Waals surface area contributed by atoms with E-state index < -0.39 is 23.9 Å². The van der Waals surface area contributed by atoms with Crippen LogP contribution in [0, 0.1) is 0 Å². The summed E-state index contributed by atoms with van der Waals surface area (Å²) >= 11 is 5.82. The number of esters is 1. The molecule has 0 radical (unpaired) electrons. The molecule has 0 amide bonds. The van der Waals surface area contributed by atoms with Crippen LogP contribution >= 0.6 is 11.6 Å². The summed E-state index contributed by atoms with van der Waals surface area (Å²) < 4.78 is 9.84. The van der Waals surface area contributed by atoms with Crippen LogP contribution in [0.15, 0.2) is 6.07 Å². The lowest BCUT2D eigenvalue weighted by molar-refractivity contribution is -0.0217. The Morgan fingerprint density at radius 2 is 2.18 bits per heavy atom. The second-order valence-corrected chi connectivity index (χ2v) is 4.14. The third-order valence-corrected chi connectivity index (χ3v) is 3.08. The van der Waals surface area contributed by atoms with Gasteiger partial charge >= 0.3 is 5.97 Å². The molecule has 1 aliphatic heterocycles. The standard InChI is InChI=1S/C11H11ClO5/c1-4-9(13)5-3-6(16-2)8(12)10(14)7(5)11(15)17-4/h3-4,9,13-14H,1-2H3/t4-,9-/m0/s1. The molecule has 2 N–H and O–H groups in total. The van der Waals surface area contributed by atoms with Crippen LogP contribution in [0.1, 0.15) is 28.9 Å². The molecule has 6 heteroatoms. The first kappa shape index (κ1) is 12.0. The van der Waals surface area contributed by atoms with E-state index in [-0.39, 0.29) is 21.9 Å². The number of methoxy groups -OCH3 is 1. The van der Waals surface area contributed by atoms with Crippen LogP contribution in [0.5, 0.6) is 11.5 Å². The second-order valence-electron chi connectivity index (χ2n) is 3.76. The van der Waals surface area contributed by atoms with Gasteiger partial charge in [-0.1, -0.05) is 11.6 Å². The molecule has 0 unspecified atom stereocenters. The topological polar surface area (TPSA) is 76.0 Å². The first-order chi connectivity index (χ1) is 7.97. The summed E-state index contributed by atoms with van der Waals surface area (Å²) in [6, 6.07) is 1.43. The number of aliphatic hydroxyl groups excluding tert-OH is 1. The van der Waals surface area contributed by atoms with Gasteiger partial charge < -0.3 is 19.7 Å². The van der Waals surface area contributed by atoms with E-state index in [1.165, 1.54) is 13.2 Å². The van der Waals surface area contributed by atoms with Gasteiger partial charge in [0.05, 0.1) is 7.11 Å². The highest BCUT2D eigenvalue weighted by molar-refractivity contribution is 6.34. The number of aromatic hydroxyl groups is 1. The number of hydrogen-bond acceptors (Lipinski definition) is 5. The van der Waals surface area contributed by atoms with Gasteiger partial charge in [-0.25, -0.2) is 4.79 Å². The lowest BCUT2D eigenvalue weighted by Gasteiger charge is -2.28. The predicted molar refractivity (Wildman–Crippen MR) is 59.5 cm³/mol. The molecule has 1 aliphatic rings. The zero-order chi connectivity index (χ0) is 12.7. The number of carbonyl (C=O) groups excluding carboxylic acids is 1. The van der Waals surface area contributed by atoms with Crippen molar-refractivity contribution in [3.8, 4) is 11.5 Å². The van der Waals surface area contributed by atoms with E-state index in [9.17, 15) is 15.0 Å². The fraction of sp³-hybridized carbons (Fsp3) is 0.364. The third-order valence-electron chi connectivity index (χ3n) is 2.72. The summed E-state index contributed by atoms with van der Waals surface area (Å²) in [5.41, 5.74) is 0.147. The van der Waals surface area contributed by atoms with Gasteiger partial charge in [0.2, 0.25) is 0 Å². The third kappa shape index (κ3) is 1.71. The molecule has 92 valence electrons. The summed E-state index contributed by atoms with van der Waals surface area (Å²) in [4.78, 5) is 11.6. The quantitative estimate of drug-likeness (QED) is 0.749. The zero-order valence-corrected chi connectivity index (χ0v) is 9.99. The fourth-order valence-corrected chi connectivity index (χ4v) is 2.01. The highest BCUT2D eigenvalue weighted by Gasteiger charge is 2.36. The summed E-state index contributed by atoms with van der Waals surface area (Å²) in [6.07, 6.45) is -1.69. The van der Waals surface area contributed by atoms with Gasteiger partial charge in [-0.3, -0.25) is 0 Å². The van der Waals surface area contributed by atoms with Crippen molar-refractivity contribution in [1.29, 1.82) is 0 Å². The van der Waals surface area contributed by atoms with Crippen LogP contribution in [-0.2, 0) is 4.74 Å². The van der Waals surface area contributed by atoms with E-state index in [4.69, 9.17) is 21.1 Å². The zero-order valence-electron chi connectivity index (χ0n) is 9.23. The van der Waals surface area contributed by atoms with E-state index in [0.717, 1.165) is 0 Å². The van der Waals surface area contributed by atoms with Crippen molar-refractivity contribution >= 4 is 17.6 Å². The van der Waals surface area contributed by atoms with Gasteiger partial charge in [-0.15, -0.1) is 0 Å². The second kappa shape index (κ2) is 4.09. The van der Waals surface area contributed by atoms with Crippen molar-refractivity contribution in [3.05, 3.63) is 22.2 Å². The molecule has 0 aliphatic carbocycles. The first-order valence-corrected chi connectivity index (χ1v) is 5.33. The molecule has 17 heavy (non-hydrogen) atoms. The number of aliphatic hydroxyl groups is 1. The molecule has 0 bridgehead atoms. The van der Waals surface area contributed by atoms with E-state index in [1.807, 2.05) is 0 Å². The molecule has 1 heterocycles. The normalized spacial score (nSPS) is 22.9. The summed E-state index contributed by atoms with van der Waals surface area (Å²) in [7, 11) is 1.38. The minimum Gasteiger partial charge on any atom is -0.505 e. The number of hydrogen-bond donors (Lipinski definition) is 2. The number of carbonyl (C=O) groups is 1. The summed E-state index contributed by atoms with van der Waals surface area (Å²) in [5, 5.41) is 19.6. The molecule has 0 fully saturated rings. The predicted octanol–water partition coefficient (Wildman–Crippen LogP) is 1.65.